The van der Waals surface area contributed by atoms with Gasteiger partial charge >= 0.3 is 0 Å². The first-order valence-corrected chi connectivity index (χ1v) is 6.76. The Morgan fingerprint density at radius 3 is 2.59 bits per heavy atom. The average molecular weight is 302 g/mol. The fourth-order valence-electron chi connectivity index (χ4n) is 1.49. The molecular formula is C12H20BrN3O. The zero-order chi connectivity index (χ0) is 12.8. The van der Waals surface area contributed by atoms with Crippen molar-refractivity contribution in [2.45, 2.75) is 39.7 Å². The van der Waals surface area contributed by atoms with E-state index in [1.807, 2.05) is 13.8 Å². The molecule has 0 aliphatic carbocycles. The number of halogens is 1. The van der Waals surface area contributed by atoms with Crippen LogP contribution in [-0.4, -0.2) is 23.6 Å². The Bertz CT molecular complexity index is 344. The number of aromatic nitrogens is 2. The Labute approximate surface area is 111 Å². The first-order chi connectivity index (χ1) is 8.13. The standard InChI is InChI=1S/C12H20BrN3O/c1-5-7-9-10(13)12(14-6-2)16-11(15-9)8(3)17-4/h8H,5-7H2,1-4H3,(H,14,15,16). The zero-order valence-corrected chi connectivity index (χ0v) is 12.5. The molecule has 0 spiro atoms. The number of hydrogen-bond donors (Lipinski definition) is 1. The molecule has 1 heterocycles. The highest BCUT2D eigenvalue weighted by Gasteiger charge is 2.15. The highest BCUT2D eigenvalue weighted by Crippen LogP contribution is 2.26. The summed E-state index contributed by atoms with van der Waals surface area (Å²) < 4.78 is 6.24. The molecule has 0 bridgehead atoms. The number of rotatable bonds is 6. The van der Waals surface area contributed by atoms with Gasteiger partial charge in [-0.15, -0.1) is 0 Å². The molecule has 1 aromatic rings. The smallest absolute Gasteiger partial charge is 0.159 e. The zero-order valence-electron chi connectivity index (χ0n) is 10.9. The Balaban J connectivity index is 3.15. The summed E-state index contributed by atoms with van der Waals surface area (Å²) in [6, 6.07) is 0. The number of aryl methyl sites for hydroxylation is 1. The summed E-state index contributed by atoms with van der Waals surface area (Å²) in [5, 5.41) is 3.24. The molecule has 0 aliphatic rings. The van der Waals surface area contributed by atoms with Gasteiger partial charge in [0.25, 0.3) is 0 Å². The third-order valence-corrected chi connectivity index (χ3v) is 3.32. The molecule has 1 aromatic heterocycles. The van der Waals surface area contributed by atoms with E-state index in [2.05, 4.69) is 38.1 Å². The molecule has 0 aromatic carbocycles. The fraction of sp³-hybridized carbons (Fsp3) is 0.667. The number of anilines is 1. The fourth-order valence-corrected chi connectivity index (χ4v) is 2.00. The lowest BCUT2D eigenvalue weighted by atomic mass is 10.2. The molecule has 1 N–H and O–H groups in total. The minimum atomic E-state index is -0.0869. The molecule has 96 valence electrons. The van der Waals surface area contributed by atoms with Gasteiger partial charge in [-0.1, -0.05) is 13.3 Å². The highest BCUT2D eigenvalue weighted by molar-refractivity contribution is 9.10. The Morgan fingerprint density at radius 1 is 1.35 bits per heavy atom. The number of ether oxygens (including phenoxy) is 1. The summed E-state index contributed by atoms with van der Waals surface area (Å²) in [4.78, 5) is 9.03. The molecule has 1 atom stereocenters. The molecular weight excluding hydrogens is 282 g/mol. The molecule has 1 rings (SSSR count). The van der Waals surface area contributed by atoms with Crippen LogP contribution in [0.15, 0.2) is 4.47 Å². The third-order valence-electron chi connectivity index (χ3n) is 2.49. The lowest BCUT2D eigenvalue weighted by Gasteiger charge is -2.14. The summed E-state index contributed by atoms with van der Waals surface area (Å²) >= 11 is 3.56. The summed E-state index contributed by atoms with van der Waals surface area (Å²) in [6.07, 6.45) is 1.91. The van der Waals surface area contributed by atoms with Crippen molar-refractivity contribution in [3.63, 3.8) is 0 Å². The molecule has 0 saturated carbocycles. The molecule has 0 radical (unpaired) electrons. The van der Waals surface area contributed by atoms with E-state index in [1.165, 1.54) is 0 Å². The van der Waals surface area contributed by atoms with E-state index in [4.69, 9.17) is 4.74 Å². The van der Waals surface area contributed by atoms with Gasteiger partial charge < -0.3 is 10.1 Å². The minimum Gasteiger partial charge on any atom is -0.374 e. The largest absolute Gasteiger partial charge is 0.374 e. The molecule has 0 amide bonds. The van der Waals surface area contributed by atoms with Crippen molar-refractivity contribution in [3.05, 3.63) is 16.0 Å². The number of methoxy groups -OCH3 is 1. The van der Waals surface area contributed by atoms with E-state index >= 15 is 0 Å². The van der Waals surface area contributed by atoms with Crippen LogP contribution in [0.1, 0.15) is 44.8 Å². The molecule has 4 nitrogen and oxygen atoms in total. The average Bonchev–Trinajstić information content (AvgIpc) is 2.33. The van der Waals surface area contributed by atoms with Crippen LogP contribution < -0.4 is 5.32 Å². The van der Waals surface area contributed by atoms with Gasteiger partial charge in [0.05, 0.1) is 10.2 Å². The van der Waals surface area contributed by atoms with Gasteiger partial charge in [-0.25, -0.2) is 9.97 Å². The van der Waals surface area contributed by atoms with Crippen molar-refractivity contribution < 1.29 is 4.74 Å². The van der Waals surface area contributed by atoms with Crippen molar-refractivity contribution in [2.24, 2.45) is 0 Å². The predicted molar refractivity (Wildman–Crippen MR) is 73.3 cm³/mol. The van der Waals surface area contributed by atoms with Crippen molar-refractivity contribution in [2.75, 3.05) is 19.0 Å². The van der Waals surface area contributed by atoms with Crippen molar-refractivity contribution in [3.8, 4) is 0 Å². The quantitative estimate of drug-likeness (QED) is 0.875. The van der Waals surface area contributed by atoms with E-state index < -0.39 is 0 Å². The molecule has 17 heavy (non-hydrogen) atoms. The number of nitrogens with one attached hydrogen (secondary N) is 1. The van der Waals surface area contributed by atoms with E-state index in [9.17, 15) is 0 Å². The maximum absolute atomic E-state index is 5.27. The SMILES string of the molecule is CCCc1nc(C(C)OC)nc(NCC)c1Br. The summed E-state index contributed by atoms with van der Waals surface area (Å²) in [5.41, 5.74) is 1.04. The van der Waals surface area contributed by atoms with Gasteiger partial charge in [0.2, 0.25) is 0 Å². The lowest BCUT2D eigenvalue weighted by molar-refractivity contribution is 0.112. The van der Waals surface area contributed by atoms with Crippen molar-refractivity contribution >= 4 is 21.7 Å². The second kappa shape index (κ2) is 6.91. The van der Waals surface area contributed by atoms with Gasteiger partial charge in [0.15, 0.2) is 5.82 Å². The van der Waals surface area contributed by atoms with Gasteiger partial charge in [0, 0.05) is 13.7 Å². The maximum atomic E-state index is 5.27. The van der Waals surface area contributed by atoms with Crippen molar-refractivity contribution in [1.29, 1.82) is 0 Å². The van der Waals surface area contributed by atoms with Crippen LogP contribution in [-0.2, 0) is 11.2 Å². The Hall–Kier alpha value is -0.680. The number of nitrogens with zero attached hydrogens (tertiary/aromatic N) is 2. The normalized spacial score (nSPS) is 12.5. The van der Waals surface area contributed by atoms with Gasteiger partial charge in [0.1, 0.15) is 11.9 Å². The molecule has 1 unspecified atom stereocenters. The van der Waals surface area contributed by atoms with E-state index in [1.54, 1.807) is 7.11 Å². The molecule has 0 saturated heterocycles. The monoisotopic (exact) mass is 301 g/mol. The minimum absolute atomic E-state index is 0.0869. The summed E-state index contributed by atoms with van der Waals surface area (Å²) in [6.45, 7) is 6.98. The molecule has 5 heteroatoms. The topological polar surface area (TPSA) is 47.0 Å². The van der Waals surface area contributed by atoms with Crippen molar-refractivity contribution in [1.82, 2.24) is 9.97 Å². The van der Waals surface area contributed by atoms with Crippen LogP contribution in [0, 0.1) is 0 Å². The third kappa shape index (κ3) is 3.64. The molecule has 0 fully saturated rings. The second-order valence-electron chi connectivity index (χ2n) is 3.85. The first kappa shape index (κ1) is 14.4. The van der Waals surface area contributed by atoms with Crippen LogP contribution in [0.2, 0.25) is 0 Å². The van der Waals surface area contributed by atoms with Crippen LogP contribution in [0.4, 0.5) is 5.82 Å². The van der Waals surface area contributed by atoms with Crippen LogP contribution in [0.25, 0.3) is 0 Å². The second-order valence-corrected chi connectivity index (χ2v) is 4.64. The van der Waals surface area contributed by atoms with Gasteiger partial charge in [-0.3, -0.25) is 0 Å². The van der Waals surface area contributed by atoms with Gasteiger partial charge in [-0.05, 0) is 36.2 Å². The van der Waals surface area contributed by atoms with Crippen LogP contribution >= 0.6 is 15.9 Å². The Kier molecular flexibility index (Phi) is 5.85. The first-order valence-electron chi connectivity index (χ1n) is 5.96. The Morgan fingerprint density at radius 2 is 2.06 bits per heavy atom. The van der Waals surface area contributed by atoms with E-state index in [0.29, 0.717) is 0 Å². The predicted octanol–water partition coefficient (Wildman–Crippen LogP) is 3.33. The summed E-state index contributed by atoms with van der Waals surface area (Å²) in [5.74, 6) is 1.58. The summed E-state index contributed by atoms with van der Waals surface area (Å²) in [7, 11) is 1.67. The van der Waals surface area contributed by atoms with E-state index in [-0.39, 0.29) is 6.10 Å². The van der Waals surface area contributed by atoms with Crippen LogP contribution in [0.3, 0.4) is 0 Å². The van der Waals surface area contributed by atoms with Crippen LogP contribution in [0.5, 0.6) is 0 Å². The van der Waals surface area contributed by atoms with E-state index in [0.717, 1.165) is 41.2 Å². The number of hydrogen-bond acceptors (Lipinski definition) is 4. The lowest BCUT2D eigenvalue weighted by Crippen LogP contribution is -2.11. The highest BCUT2D eigenvalue weighted by atomic mass is 79.9. The maximum Gasteiger partial charge on any atom is 0.159 e. The molecule has 0 aliphatic heterocycles. The van der Waals surface area contributed by atoms with Gasteiger partial charge in [-0.2, -0.15) is 0 Å².